The van der Waals surface area contributed by atoms with E-state index in [9.17, 15) is 9.59 Å². The van der Waals surface area contributed by atoms with Crippen molar-refractivity contribution in [1.29, 1.82) is 0 Å². The molecule has 0 unspecified atom stereocenters. The summed E-state index contributed by atoms with van der Waals surface area (Å²) in [5.74, 6) is 0.812. The number of esters is 1. The van der Waals surface area contributed by atoms with Gasteiger partial charge in [-0.05, 0) is 73.2 Å². The molecular formula is C25H24N2O5S. The number of methoxy groups -OCH3 is 2. The van der Waals surface area contributed by atoms with Gasteiger partial charge in [0.1, 0.15) is 16.9 Å². The lowest BCUT2D eigenvalue weighted by atomic mass is 9.94. The molecule has 2 aliphatic rings. The largest absolute Gasteiger partial charge is 0.497 e. The van der Waals surface area contributed by atoms with Crippen LogP contribution in [0.5, 0.6) is 17.2 Å². The van der Waals surface area contributed by atoms with Crippen LogP contribution in [0.2, 0.25) is 0 Å². The molecule has 0 bridgehead atoms. The van der Waals surface area contributed by atoms with Gasteiger partial charge in [0.25, 0.3) is 5.91 Å². The van der Waals surface area contributed by atoms with Crippen molar-refractivity contribution in [1.82, 2.24) is 5.32 Å². The first-order chi connectivity index (χ1) is 16.1. The van der Waals surface area contributed by atoms with Crippen LogP contribution in [0.25, 0.3) is 0 Å². The van der Waals surface area contributed by atoms with E-state index in [4.69, 9.17) is 14.2 Å². The number of ether oxygens (including phenoxy) is 3. The minimum atomic E-state index is -0.499. The molecular weight excluding hydrogens is 440 g/mol. The van der Waals surface area contributed by atoms with Gasteiger partial charge in [0.2, 0.25) is 0 Å². The Morgan fingerprint density at radius 1 is 0.970 bits per heavy atom. The molecule has 33 heavy (non-hydrogen) atoms. The van der Waals surface area contributed by atoms with Crippen molar-refractivity contribution in [3.8, 4) is 17.2 Å². The smallest absolute Gasteiger partial charge is 0.343 e. The zero-order valence-corrected chi connectivity index (χ0v) is 19.2. The fourth-order valence-corrected chi connectivity index (χ4v) is 5.59. The third kappa shape index (κ3) is 4.02. The van der Waals surface area contributed by atoms with Crippen molar-refractivity contribution in [3.05, 3.63) is 69.6 Å². The van der Waals surface area contributed by atoms with Crippen LogP contribution < -0.4 is 24.8 Å². The highest BCUT2D eigenvalue weighted by Crippen LogP contribution is 2.42. The zero-order valence-electron chi connectivity index (χ0n) is 18.4. The molecule has 2 N–H and O–H groups in total. The minimum absolute atomic E-state index is 0.0536. The molecule has 1 aromatic heterocycles. The third-order valence-corrected chi connectivity index (χ3v) is 7.22. The van der Waals surface area contributed by atoms with Crippen LogP contribution in [-0.2, 0) is 12.8 Å². The number of rotatable bonds is 5. The lowest BCUT2D eigenvalue weighted by Gasteiger charge is -2.27. The highest BCUT2D eigenvalue weighted by molar-refractivity contribution is 7.16. The van der Waals surface area contributed by atoms with Crippen LogP contribution in [0.4, 0.5) is 5.00 Å². The number of carbonyl (C=O) groups excluding carboxylic acids is 2. The number of amides is 1. The SMILES string of the molecule is COc1ccc(C(=O)Oc2ccc([C@@H]3NC(=O)c4c(sc5c4CCCC5)N3)cc2OC)cc1. The van der Waals surface area contributed by atoms with E-state index >= 15 is 0 Å². The second kappa shape index (κ2) is 8.78. The molecule has 0 saturated heterocycles. The molecule has 1 atom stereocenters. The average Bonchev–Trinajstić information content (AvgIpc) is 3.23. The van der Waals surface area contributed by atoms with Crippen molar-refractivity contribution in [2.45, 2.75) is 31.8 Å². The lowest BCUT2D eigenvalue weighted by molar-refractivity contribution is 0.0729. The Balaban J connectivity index is 1.36. The number of aryl methyl sites for hydroxylation is 1. The Hall–Kier alpha value is -3.52. The Labute approximate surface area is 195 Å². The van der Waals surface area contributed by atoms with Crippen molar-refractivity contribution in [3.63, 3.8) is 0 Å². The summed E-state index contributed by atoms with van der Waals surface area (Å²) in [5.41, 5.74) is 3.20. The minimum Gasteiger partial charge on any atom is -0.497 e. The number of benzene rings is 2. The molecule has 7 nitrogen and oxygen atoms in total. The molecule has 170 valence electrons. The van der Waals surface area contributed by atoms with Gasteiger partial charge in [-0.3, -0.25) is 4.79 Å². The number of fused-ring (bicyclic) bond motifs is 3. The maximum Gasteiger partial charge on any atom is 0.343 e. The molecule has 2 heterocycles. The van der Waals surface area contributed by atoms with E-state index < -0.39 is 12.1 Å². The highest BCUT2D eigenvalue weighted by atomic mass is 32.1. The molecule has 1 amide bonds. The van der Waals surface area contributed by atoms with E-state index in [0.29, 0.717) is 22.8 Å². The zero-order chi connectivity index (χ0) is 22.9. The second-order valence-corrected chi connectivity index (χ2v) is 9.10. The molecule has 0 radical (unpaired) electrons. The summed E-state index contributed by atoms with van der Waals surface area (Å²) in [6, 6.07) is 11.9. The van der Waals surface area contributed by atoms with Gasteiger partial charge < -0.3 is 24.8 Å². The predicted molar refractivity (Wildman–Crippen MR) is 126 cm³/mol. The van der Waals surface area contributed by atoms with E-state index in [1.165, 1.54) is 24.0 Å². The maximum atomic E-state index is 12.9. The Morgan fingerprint density at radius 2 is 1.76 bits per heavy atom. The van der Waals surface area contributed by atoms with E-state index in [0.717, 1.165) is 35.4 Å². The summed E-state index contributed by atoms with van der Waals surface area (Å²) in [5, 5.41) is 7.44. The second-order valence-electron chi connectivity index (χ2n) is 7.99. The lowest BCUT2D eigenvalue weighted by Crippen LogP contribution is -2.38. The van der Waals surface area contributed by atoms with Gasteiger partial charge in [0, 0.05) is 4.88 Å². The van der Waals surface area contributed by atoms with Crippen LogP contribution in [-0.4, -0.2) is 26.1 Å². The quantitative estimate of drug-likeness (QED) is 0.420. The van der Waals surface area contributed by atoms with Crippen molar-refractivity contribution < 1.29 is 23.8 Å². The van der Waals surface area contributed by atoms with E-state index in [1.54, 1.807) is 54.8 Å². The average molecular weight is 465 g/mol. The third-order valence-electron chi connectivity index (χ3n) is 6.00. The summed E-state index contributed by atoms with van der Waals surface area (Å²) in [7, 11) is 3.08. The van der Waals surface area contributed by atoms with Crippen LogP contribution in [0, 0.1) is 0 Å². The number of anilines is 1. The first-order valence-corrected chi connectivity index (χ1v) is 11.6. The van der Waals surface area contributed by atoms with Crippen LogP contribution in [0.15, 0.2) is 42.5 Å². The van der Waals surface area contributed by atoms with Crippen LogP contribution in [0.1, 0.15) is 55.7 Å². The molecule has 5 rings (SSSR count). The molecule has 3 aromatic rings. The van der Waals surface area contributed by atoms with Gasteiger partial charge in [0.05, 0.1) is 25.3 Å². The van der Waals surface area contributed by atoms with E-state index in [-0.39, 0.29) is 5.91 Å². The normalized spacial score (nSPS) is 16.7. The molecule has 0 spiro atoms. The molecule has 2 aromatic carbocycles. The Bertz CT molecular complexity index is 1220. The van der Waals surface area contributed by atoms with Crippen LogP contribution >= 0.6 is 11.3 Å². The first-order valence-electron chi connectivity index (χ1n) is 10.8. The summed E-state index contributed by atoms with van der Waals surface area (Å²) in [6.07, 6.45) is 3.90. The van der Waals surface area contributed by atoms with E-state index in [1.807, 2.05) is 6.07 Å². The van der Waals surface area contributed by atoms with Gasteiger partial charge in [0.15, 0.2) is 11.5 Å². The molecule has 0 fully saturated rings. The van der Waals surface area contributed by atoms with Crippen LogP contribution in [0.3, 0.4) is 0 Å². The Morgan fingerprint density at radius 3 is 2.52 bits per heavy atom. The van der Waals surface area contributed by atoms with Crippen molar-refractivity contribution in [2.24, 2.45) is 0 Å². The fourth-order valence-electron chi connectivity index (χ4n) is 4.28. The van der Waals surface area contributed by atoms with Crippen molar-refractivity contribution >= 4 is 28.2 Å². The summed E-state index contributed by atoms with van der Waals surface area (Å²) in [6.45, 7) is 0. The number of thiophene rings is 1. The van der Waals surface area contributed by atoms with Gasteiger partial charge in [-0.15, -0.1) is 11.3 Å². The highest BCUT2D eigenvalue weighted by Gasteiger charge is 2.32. The molecule has 1 aliphatic heterocycles. The Kier molecular flexibility index (Phi) is 5.68. The topological polar surface area (TPSA) is 85.9 Å². The van der Waals surface area contributed by atoms with Gasteiger partial charge >= 0.3 is 5.97 Å². The summed E-state index contributed by atoms with van der Waals surface area (Å²) < 4.78 is 16.2. The monoisotopic (exact) mass is 464 g/mol. The molecule has 8 heteroatoms. The van der Waals surface area contributed by atoms with Gasteiger partial charge in [-0.2, -0.15) is 0 Å². The predicted octanol–water partition coefficient (Wildman–Crippen LogP) is 4.72. The number of hydrogen-bond acceptors (Lipinski definition) is 7. The molecule has 0 saturated carbocycles. The first kappa shape index (κ1) is 21.3. The van der Waals surface area contributed by atoms with Crippen molar-refractivity contribution in [2.75, 3.05) is 19.5 Å². The maximum absolute atomic E-state index is 12.9. The number of hydrogen-bond donors (Lipinski definition) is 2. The summed E-state index contributed by atoms with van der Waals surface area (Å²) >= 11 is 1.68. The number of carbonyl (C=O) groups is 2. The molecule has 1 aliphatic carbocycles. The fraction of sp³-hybridized carbons (Fsp3) is 0.280. The van der Waals surface area contributed by atoms with E-state index in [2.05, 4.69) is 10.6 Å². The summed E-state index contributed by atoms with van der Waals surface area (Å²) in [4.78, 5) is 26.8. The number of nitrogens with one attached hydrogen (secondary N) is 2. The van der Waals surface area contributed by atoms with Gasteiger partial charge in [-0.25, -0.2) is 4.79 Å². The van der Waals surface area contributed by atoms with Gasteiger partial charge in [-0.1, -0.05) is 6.07 Å². The standard InChI is InChI=1S/C25H24N2O5S/c1-30-16-10-7-14(8-11-16)25(29)32-18-12-9-15(13-19(18)31-2)22-26-23(28)21-17-5-3-4-6-20(17)33-24(21)27-22/h7-13,22,27H,3-6H2,1-2H3,(H,26,28)/t22-/m1/s1.